The molecule has 2 heteroatoms. The van der Waals surface area contributed by atoms with Crippen LogP contribution in [0.25, 0.3) is 0 Å². The van der Waals surface area contributed by atoms with Gasteiger partial charge in [-0.1, -0.05) is 64.1 Å². The summed E-state index contributed by atoms with van der Waals surface area (Å²) < 4.78 is 0. The number of benzene rings is 1. The van der Waals surface area contributed by atoms with E-state index in [4.69, 9.17) is 0 Å². The quantitative estimate of drug-likeness (QED) is 0.799. The largest absolute Gasteiger partial charge is 0.316 e. The standard InChI is InChI=1S/C19H25NO/c1-5-12-20-13-11-16(15-9-7-6-8-10-15)17(14-18(20)21)19(2,3)4/h6-11,13-14,16H,5,12H2,1-4H3. The lowest BCUT2D eigenvalue weighted by Crippen LogP contribution is -2.24. The summed E-state index contributed by atoms with van der Waals surface area (Å²) >= 11 is 0. The maximum atomic E-state index is 12.4. The number of hydrogen-bond acceptors (Lipinski definition) is 1. The van der Waals surface area contributed by atoms with Crippen molar-refractivity contribution in [1.82, 2.24) is 4.90 Å². The fourth-order valence-corrected chi connectivity index (χ4v) is 2.73. The van der Waals surface area contributed by atoms with Gasteiger partial charge in [0.1, 0.15) is 0 Å². The Morgan fingerprint density at radius 2 is 1.81 bits per heavy atom. The summed E-state index contributed by atoms with van der Waals surface area (Å²) in [4.78, 5) is 14.3. The Labute approximate surface area is 128 Å². The Balaban J connectivity index is 2.48. The first kappa shape index (κ1) is 15.6. The Hall–Kier alpha value is -1.83. The van der Waals surface area contributed by atoms with Crippen LogP contribution >= 0.6 is 0 Å². The molecule has 0 aromatic heterocycles. The van der Waals surface area contributed by atoms with Crippen LogP contribution in [0.15, 0.2) is 54.3 Å². The zero-order valence-electron chi connectivity index (χ0n) is 13.5. The van der Waals surface area contributed by atoms with Crippen LogP contribution in [0.3, 0.4) is 0 Å². The van der Waals surface area contributed by atoms with Crippen LogP contribution in [-0.2, 0) is 4.79 Å². The number of carbonyl (C=O) groups excluding carboxylic acids is 1. The second kappa shape index (κ2) is 6.30. The summed E-state index contributed by atoms with van der Waals surface area (Å²) in [5, 5.41) is 0. The highest BCUT2D eigenvalue weighted by Crippen LogP contribution is 2.39. The molecule has 2 rings (SSSR count). The SMILES string of the molecule is CCCN1C=CC(c2ccccc2)C(C(C)(C)C)=CC1=O. The van der Waals surface area contributed by atoms with Gasteiger partial charge in [-0.2, -0.15) is 0 Å². The monoisotopic (exact) mass is 283 g/mol. The molecule has 0 saturated carbocycles. The number of amides is 1. The maximum Gasteiger partial charge on any atom is 0.250 e. The lowest BCUT2D eigenvalue weighted by atomic mass is 9.76. The van der Waals surface area contributed by atoms with Crippen molar-refractivity contribution in [3.63, 3.8) is 0 Å². The molecule has 1 atom stereocenters. The Kier molecular flexibility index (Phi) is 4.66. The molecule has 0 saturated heterocycles. The summed E-state index contributed by atoms with van der Waals surface area (Å²) in [6.45, 7) is 9.38. The number of nitrogens with zero attached hydrogens (tertiary/aromatic N) is 1. The first-order valence-corrected chi connectivity index (χ1v) is 7.69. The van der Waals surface area contributed by atoms with Crippen molar-refractivity contribution < 1.29 is 4.79 Å². The van der Waals surface area contributed by atoms with E-state index >= 15 is 0 Å². The molecule has 0 fully saturated rings. The van der Waals surface area contributed by atoms with Crippen LogP contribution < -0.4 is 0 Å². The first-order valence-electron chi connectivity index (χ1n) is 7.69. The highest BCUT2D eigenvalue weighted by atomic mass is 16.2. The molecule has 1 aliphatic rings. The summed E-state index contributed by atoms with van der Waals surface area (Å²) in [7, 11) is 0. The van der Waals surface area contributed by atoms with Gasteiger partial charge >= 0.3 is 0 Å². The van der Waals surface area contributed by atoms with E-state index in [1.165, 1.54) is 11.1 Å². The zero-order valence-corrected chi connectivity index (χ0v) is 13.5. The van der Waals surface area contributed by atoms with Gasteiger partial charge in [-0.3, -0.25) is 4.79 Å². The van der Waals surface area contributed by atoms with E-state index in [1.54, 1.807) is 0 Å². The molecule has 1 amide bonds. The average Bonchev–Trinajstić information content (AvgIpc) is 2.60. The van der Waals surface area contributed by atoms with Crippen molar-refractivity contribution in [1.29, 1.82) is 0 Å². The highest BCUT2D eigenvalue weighted by molar-refractivity contribution is 5.90. The average molecular weight is 283 g/mol. The summed E-state index contributed by atoms with van der Waals surface area (Å²) in [6, 6.07) is 10.4. The molecule has 0 N–H and O–H groups in total. The molecule has 0 spiro atoms. The summed E-state index contributed by atoms with van der Waals surface area (Å²) in [5.74, 6) is 0.258. The molecule has 112 valence electrons. The summed E-state index contributed by atoms with van der Waals surface area (Å²) in [5.41, 5.74) is 2.37. The molecule has 1 heterocycles. The molecule has 21 heavy (non-hydrogen) atoms. The Bertz CT molecular complexity index is 549. The van der Waals surface area contributed by atoms with E-state index in [0.717, 1.165) is 13.0 Å². The maximum absolute atomic E-state index is 12.4. The van der Waals surface area contributed by atoms with Crippen LogP contribution in [-0.4, -0.2) is 17.4 Å². The molecule has 2 nitrogen and oxygen atoms in total. The molecule has 0 bridgehead atoms. The summed E-state index contributed by atoms with van der Waals surface area (Å²) in [6.07, 6.45) is 6.92. The molecular weight excluding hydrogens is 258 g/mol. The van der Waals surface area contributed by atoms with E-state index in [2.05, 4.69) is 58.0 Å². The predicted octanol–water partition coefficient (Wildman–Crippen LogP) is 4.51. The minimum atomic E-state index is -0.0390. The van der Waals surface area contributed by atoms with Gasteiger partial charge in [0.15, 0.2) is 0 Å². The lowest BCUT2D eigenvalue weighted by Gasteiger charge is -2.28. The van der Waals surface area contributed by atoms with Crippen molar-refractivity contribution in [2.24, 2.45) is 5.41 Å². The number of hydrogen-bond donors (Lipinski definition) is 0. The van der Waals surface area contributed by atoms with Crippen LogP contribution in [0, 0.1) is 5.41 Å². The second-order valence-corrected chi connectivity index (χ2v) is 6.61. The van der Waals surface area contributed by atoms with Gasteiger partial charge in [0, 0.05) is 24.7 Å². The van der Waals surface area contributed by atoms with Crippen LogP contribution in [0.4, 0.5) is 0 Å². The van der Waals surface area contributed by atoms with E-state index in [9.17, 15) is 4.79 Å². The molecule has 1 aromatic carbocycles. The van der Waals surface area contributed by atoms with Crippen molar-refractivity contribution in [2.75, 3.05) is 6.54 Å². The Morgan fingerprint density at radius 1 is 1.14 bits per heavy atom. The van der Waals surface area contributed by atoms with E-state index in [0.29, 0.717) is 0 Å². The smallest absolute Gasteiger partial charge is 0.250 e. The van der Waals surface area contributed by atoms with E-state index in [1.807, 2.05) is 23.2 Å². The third kappa shape index (κ3) is 3.63. The van der Waals surface area contributed by atoms with Gasteiger partial charge in [-0.05, 0) is 23.0 Å². The number of rotatable bonds is 3. The third-order valence-electron chi connectivity index (χ3n) is 3.84. The van der Waals surface area contributed by atoms with Crippen LogP contribution in [0.1, 0.15) is 45.6 Å². The molecule has 1 aromatic rings. The van der Waals surface area contributed by atoms with Gasteiger partial charge in [0.2, 0.25) is 5.91 Å². The number of allylic oxidation sites excluding steroid dienone is 2. The topological polar surface area (TPSA) is 20.3 Å². The second-order valence-electron chi connectivity index (χ2n) is 6.61. The van der Waals surface area contributed by atoms with E-state index in [-0.39, 0.29) is 17.2 Å². The molecule has 0 radical (unpaired) electrons. The first-order chi connectivity index (χ1) is 9.93. The minimum absolute atomic E-state index is 0.0390. The van der Waals surface area contributed by atoms with E-state index < -0.39 is 0 Å². The van der Waals surface area contributed by atoms with Crippen molar-refractivity contribution in [3.8, 4) is 0 Å². The Morgan fingerprint density at radius 3 is 2.38 bits per heavy atom. The third-order valence-corrected chi connectivity index (χ3v) is 3.84. The van der Waals surface area contributed by atoms with Crippen molar-refractivity contribution >= 4 is 5.91 Å². The predicted molar refractivity (Wildman–Crippen MR) is 87.9 cm³/mol. The molecule has 1 unspecified atom stereocenters. The fourth-order valence-electron chi connectivity index (χ4n) is 2.73. The van der Waals surface area contributed by atoms with Crippen molar-refractivity contribution in [2.45, 2.75) is 40.0 Å². The molecular formula is C19H25NO. The van der Waals surface area contributed by atoms with Gasteiger partial charge in [-0.25, -0.2) is 0 Å². The fraction of sp³-hybridized carbons (Fsp3) is 0.421. The van der Waals surface area contributed by atoms with Crippen LogP contribution in [0.5, 0.6) is 0 Å². The zero-order chi connectivity index (χ0) is 15.5. The van der Waals surface area contributed by atoms with Gasteiger partial charge < -0.3 is 4.90 Å². The van der Waals surface area contributed by atoms with Gasteiger partial charge in [0.25, 0.3) is 0 Å². The van der Waals surface area contributed by atoms with Crippen LogP contribution in [0.2, 0.25) is 0 Å². The molecule has 1 aliphatic heterocycles. The lowest BCUT2D eigenvalue weighted by molar-refractivity contribution is -0.123. The van der Waals surface area contributed by atoms with Gasteiger partial charge in [0.05, 0.1) is 0 Å². The van der Waals surface area contributed by atoms with Crippen molar-refractivity contribution in [3.05, 3.63) is 59.8 Å². The number of carbonyl (C=O) groups is 1. The molecule has 0 aliphatic carbocycles. The van der Waals surface area contributed by atoms with Gasteiger partial charge in [-0.15, -0.1) is 0 Å². The normalized spacial score (nSPS) is 19.4. The highest BCUT2D eigenvalue weighted by Gasteiger charge is 2.28. The minimum Gasteiger partial charge on any atom is -0.316 e.